The molecule has 7 nitrogen and oxygen atoms in total. The van der Waals surface area contributed by atoms with Crippen molar-refractivity contribution < 1.29 is 18.3 Å². The minimum Gasteiger partial charge on any atom is -0.444 e. The molecule has 176 valence electrons. The van der Waals surface area contributed by atoms with Gasteiger partial charge >= 0.3 is 6.09 Å². The van der Waals surface area contributed by atoms with Gasteiger partial charge in [-0.05, 0) is 64.7 Å². The van der Waals surface area contributed by atoms with Crippen LogP contribution in [-0.2, 0) is 4.74 Å². The summed E-state index contributed by atoms with van der Waals surface area (Å²) in [6.07, 6.45) is 4.13. The lowest BCUT2D eigenvalue weighted by atomic mass is 9.91. The summed E-state index contributed by atoms with van der Waals surface area (Å²) >= 11 is 6.21. The van der Waals surface area contributed by atoms with Gasteiger partial charge in [-0.15, -0.1) is 0 Å². The highest BCUT2D eigenvalue weighted by molar-refractivity contribution is 6.29. The van der Waals surface area contributed by atoms with E-state index in [-0.39, 0.29) is 28.5 Å². The van der Waals surface area contributed by atoms with Gasteiger partial charge in [0.05, 0.1) is 23.1 Å². The number of ether oxygens (including phenoxy) is 1. The molecule has 33 heavy (non-hydrogen) atoms. The average Bonchev–Trinajstić information content (AvgIpc) is 3.09. The number of carbonyl (C=O) groups is 1. The van der Waals surface area contributed by atoms with Gasteiger partial charge in [0.1, 0.15) is 17.2 Å². The Labute approximate surface area is 195 Å². The predicted octanol–water partition coefficient (Wildman–Crippen LogP) is 5.58. The zero-order valence-corrected chi connectivity index (χ0v) is 19.4. The average molecular weight is 478 g/mol. The number of nitrogens with zero attached hydrogens (tertiary/aromatic N) is 3. The summed E-state index contributed by atoms with van der Waals surface area (Å²) in [7, 11) is 0. The zero-order valence-electron chi connectivity index (χ0n) is 18.7. The lowest BCUT2D eigenvalue weighted by Gasteiger charge is -2.31. The van der Waals surface area contributed by atoms with E-state index in [1.54, 1.807) is 6.07 Å². The van der Waals surface area contributed by atoms with Crippen LogP contribution in [0.2, 0.25) is 5.15 Å². The Balaban J connectivity index is 1.51. The molecule has 0 aliphatic heterocycles. The van der Waals surface area contributed by atoms with Crippen LogP contribution in [0.15, 0.2) is 30.5 Å². The van der Waals surface area contributed by atoms with E-state index in [9.17, 15) is 13.6 Å². The largest absolute Gasteiger partial charge is 0.444 e. The Morgan fingerprint density at radius 3 is 2.42 bits per heavy atom. The second kappa shape index (κ2) is 9.13. The normalized spacial score (nSPS) is 18.8. The first-order chi connectivity index (χ1) is 15.6. The standard InChI is InChI=1S/C23H26ClF2N5O2/c1-23(2,3)33-22(32)29-14-9-7-13(8-10-14)28-18-11-17(20-15(25)5-4-6-16(20)26)30-31-19(24)12-27-21(18)31/h4-6,11-14,28H,7-10H2,1-3H3,(H,29,32)/t13-,14-. The van der Waals surface area contributed by atoms with E-state index in [4.69, 9.17) is 16.3 Å². The highest BCUT2D eigenvalue weighted by Gasteiger charge is 2.26. The summed E-state index contributed by atoms with van der Waals surface area (Å²) in [5.74, 6) is -1.42. The SMILES string of the molecule is CC(C)(C)OC(=O)N[C@H]1CC[C@H](Nc2cc(-c3c(F)cccc3F)nn3c(Cl)cnc23)CC1. The van der Waals surface area contributed by atoms with E-state index in [0.29, 0.717) is 11.3 Å². The number of anilines is 1. The Kier molecular flexibility index (Phi) is 6.43. The van der Waals surface area contributed by atoms with Gasteiger partial charge in [-0.3, -0.25) is 0 Å². The van der Waals surface area contributed by atoms with Gasteiger partial charge < -0.3 is 15.4 Å². The predicted molar refractivity (Wildman–Crippen MR) is 122 cm³/mol. The number of amides is 1. The first-order valence-corrected chi connectivity index (χ1v) is 11.2. The van der Waals surface area contributed by atoms with Crippen molar-refractivity contribution in [2.24, 2.45) is 0 Å². The number of alkyl carbamates (subject to hydrolysis) is 1. The quantitative estimate of drug-likeness (QED) is 0.513. The Hall–Kier alpha value is -2.94. The van der Waals surface area contributed by atoms with E-state index in [1.165, 1.54) is 28.9 Å². The van der Waals surface area contributed by atoms with Crippen LogP contribution in [-0.4, -0.2) is 38.4 Å². The van der Waals surface area contributed by atoms with Crippen molar-refractivity contribution in [3.05, 3.63) is 47.2 Å². The molecule has 1 aliphatic rings. The summed E-state index contributed by atoms with van der Waals surface area (Å²) in [5.41, 5.74) is 0.391. The van der Waals surface area contributed by atoms with E-state index in [2.05, 4.69) is 20.7 Å². The number of fused-ring (bicyclic) bond motifs is 1. The highest BCUT2D eigenvalue weighted by atomic mass is 35.5. The first-order valence-electron chi connectivity index (χ1n) is 10.9. The smallest absolute Gasteiger partial charge is 0.407 e. The fourth-order valence-corrected chi connectivity index (χ4v) is 4.16. The van der Waals surface area contributed by atoms with Gasteiger partial charge in [-0.1, -0.05) is 17.7 Å². The monoisotopic (exact) mass is 477 g/mol. The summed E-state index contributed by atoms with van der Waals surface area (Å²) in [5, 5.41) is 10.9. The van der Waals surface area contributed by atoms with Crippen LogP contribution in [0.1, 0.15) is 46.5 Å². The number of benzene rings is 1. The third kappa shape index (κ3) is 5.35. The Morgan fingerprint density at radius 2 is 1.79 bits per heavy atom. The van der Waals surface area contributed by atoms with Gasteiger partial charge in [-0.25, -0.2) is 18.6 Å². The fourth-order valence-electron chi connectivity index (χ4n) is 3.99. The molecule has 0 radical (unpaired) electrons. The van der Waals surface area contributed by atoms with Crippen molar-refractivity contribution in [3.8, 4) is 11.3 Å². The highest BCUT2D eigenvalue weighted by Crippen LogP contribution is 2.31. The maximum atomic E-state index is 14.4. The van der Waals surface area contributed by atoms with Gasteiger partial charge in [0.2, 0.25) is 0 Å². The summed E-state index contributed by atoms with van der Waals surface area (Å²) in [6.45, 7) is 5.48. The van der Waals surface area contributed by atoms with Gasteiger partial charge in [0.15, 0.2) is 10.8 Å². The molecular weight excluding hydrogens is 452 g/mol. The molecule has 1 saturated carbocycles. The summed E-state index contributed by atoms with van der Waals surface area (Å²) in [6, 6.07) is 5.38. The number of hydrogen-bond acceptors (Lipinski definition) is 5. The molecule has 1 aliphatic carbocycles. The van der Waals surface area contributed by atoms with Crippen molar-refractivity contribution in [1.82, 2.24) is 19.9 Å². The molecule has 2 aromatic heterocycles. The Morgan fingerprint density at radius 1 is 1.15 bits per heavy atom. The van der Waals surface area contributed by atoms with Crippen molar-refractivity contribution in [3.63, 3.8) is 0 Å². The Bertz CT molecular complexity index is 1150. The van der Waals surface area contributed by atoms with E-state index in [1.807, 2.05) is 20.8 Å². The number of rotatable bonds is 4. The molecule has 0 unspecified atom stereocenters. The van der Waals surface area contributed by atoms with Crippen LogP contribution < -0.4 is 10.6 Å². The molecule has 2 heterocycles. The number of halogens is 3. The maximum absolute atomic E-state index is 14.4. The van der Waals surface area contributed by atoms with E-state index < -0.39 is 23.3 Å². The van der Waals surface area contributed by atoms with Crippen molar-refractivity contribution in [1.29, 1.82) is 0 Å². The second-order valence-corrected chi connectivity index (χ2v) is 9.58. The molecule has 1 fully saturated rings. The molecular formula is C23H26ClF2N5O2. The molecule has 2 N–H and O–H groups in total. The molecule has 3 aromatic rings. The number of imidazole rings is 1. The third-order valence-corrected chi connectivity index (χ3v) is 5.71. The molecule has 0 saturated heterocycles. The lowest BCUT2D eigenvalue weighted by Crippen LogP contribution is -2.42. The van der Waals surface area contributed by atoms with Crippen molar-refractivity contribution in [2.75, 3.05) is 5.32 Å². The lowest BCUT2D eigenvalue weighted by molar-refractivity contribution is 0.0492. The van der Waals surface area contributed by atoms with E-state index >= 15 is 0 Å². The molecule has 4 rings (SSSR count). The third-order valence-electron chi connectivity index (χ3n) is 5.45. The number of nitrogens with one attached hydrogen (secondary N) is 2. The zero-order chi connectivity index (χ0) is 23.8. The number of hydrogen-bond donors (Lipinski definition) is 2. The maximum Gasteiger partial charge on any atom is 0.407 e. The van der Waals surface area contributed by atoms with Gasteiger partial charge in [0.25, 0.3) is 0 Å². The van der Waals surface area contributed by atoms with Crippen molar-refractivity contribution in [2.45, 2.75) is 64.1 Å². The fraction of sp³-hybridized carbons (Fsp3) is 0.435. The van der Waals surface area contributed by atoms with Gasteiger partial charge in [-0.2, -0.15) is 9.61 Å². The topological polar surface area (TPSA) is 80.5 Å². The minimum absolute atomic E-state index is 0.0271. The molecule has 1 aromatic carbocycles. The van der Waals surface area contributed by atoms with Crippen LogP contribution in [0.4, 0.5) is 19.3 Å². The molecule has 0 bridgehead atoms. The summed E-state index contributed by atoms with van der Waals surface area (Å²) < 4.78 is 35.5. The van der Waals surface area contributed by atoms with E-state index in [0.717, 1.165) is 25.7 Å². The van der Waals surface area contributed by atoms with Crippen LogP contribution in [0, 0.1) is 11.6 Å². The summed E-state index contributed by atoms with van der Waals surface area (Å²) in [4.78, 5) is 16.3. The minimum atomic E-state index is -0.710. The molecule has 10 heteroatoms. The first kappa shape index (κ1) is 23.2. The van der Waals surface area contributed by atoms with Crippen LogP contribution in [0.3, 0.4) is 0 Å². The van der Waals surface area contributed by atoms with Crippen LogP contribution in [0.5, 0.6) is 0 Å². The molecule has 0 atom stereocenters. The van der Waals surface area contributed by atoms with Gasteiger partial charge in [0, 0.05) is 12.1 Å². The van der Waals surface area contributed by atoms with Crippen LogP contribution in [0.25, 0.3) is 16.9 Å². The number of carbonyl (C=O) groups excluding carboxylic acids is 1. The van der Waals surface area contributed by atoms with Crippen molar-refractivity contribution >= 4 is 29.0 Å². The number of aromatic nitrogens is 3. The molecule has 0 spiro atoms. The second-order valence-electron chi connectivity index (χ2n) is 9.20. The van der Waals surface area contributed by atoms with Crippen LogP contribution >= 0.6 is 11.6 Å². The molecule has 1 amide bonds.